The van der Waals surface area contributed by atoms with Gasteiger partial charge in [0.05, 0.1) is 18.4 Å². The molecule has 14 heteroatoms. The number of alkyl halides is 3. The number of anilines is 1. The van der Waals surface area contributed by atoms with Crippen molar-refractivity contribution >= 4 is 39.2 Å². The second-order valence-corrected chi connectivity index (χ2v) is 8.55. The van der Waals surface area contributed by atoms with Gasteiger partial charge in [-0.05, 0) is 42.5 Å². The van der Waals surface area contributed by atoms with E-state index in [1.165, 1.54) is 30.6 Å². The van der Waals surface area contributed by atoms with Crippen molar-refractivity contribution in [1.29, 1.82) is 0 Å². The highest BCUT2D eigenvalue weighted by Gasteiger charge is 2.53. The minimum absolute atomic E-state index is 0.0324. The van der Waals surface area contributed by atoms with E-state index >= 15 is 0 Å². The molecule has 0 aliphatic rings. The van der Waals surface area contributed by atoms with Gasteiger partial charge < -0.3 is 9.47 Å². The largest absolute Gasteiger partial charge is 0.517 e. The van der Waals surface area contributed by atoms with Crippen molar-refractivity contribution in [3.63, 3.8) is 0 Å². The van der Waals surface area contributed by atoms with Crippen LogP contribution in [0.4, 0.5) is 18.9 Å². The predicted octanol–water partition coefficient (Wildman–Crippen LogP) is 4.21. The molecule has 0 bridgehead atoms. The third kappa shape index (κ3) is 5.10. The fourth-order valence-corrected chi connectivity index (χ4v) is 3.80. The molecule has 1 aromatic heterocycles. The number of sulfonamides is 1. The molecule has 0 fully saturated rings. The van der Waals surface area contributed by atoms with Gasteiger partial charge in [0.25, 0.3) is 5.91 Å². The minimum atomic E-state index is -6.32. The molecule has 9 nitrogen and oxygen atoms in total. The molecule has 0 saturated carbocycles. The van der Waals surface area contributed by atoms with Crippen molar-refractivity contribution in [3.05, 3.63) is 77.1 Å². The SMILES string of the molecule is COC(=O)c1cc(Oc2ncccn2)ccc1N(C(=O)c1cccc(Cl)c1)S(=O)(=O)C(F)(F)F. The highest BCUT2D eigenvalue weighted by molar-refractivity contribution is 7.94. The minimum Gasteiger partial charge on any atom is -0.465 e. The highest BCUT2D eigenvalue weighted by Crippen LogP contribution is 2.36. The number of ether oxygens (including phenoxy) is 2. The van der Waals surface area contributed by atoms with Crippen LogP contribution in [0.5, 0.6) is 11.8 Å². The first-order valence-corrected chi connectivity index (χ1v) is 10.9. The smallest absolute Gasteiger partial charge is 0.465 e. The van der Waals surface area contributed by atoms with Crippen LogP contribution in [0.1, 0.15) is 20.7 Å². The molecule has 34 heavy (non-hydrogen) atoms. The van der Waals surface area contributed by atoms with E-state index in [0.29, 0.717) is 0 Å². The highest BCUT2D eigenvalue weighted by atomic mass is 35.5. The summed E-state index contributed by atoms with van der Waals surface area (Å²) in [5.74, 6) is -2.99. The van der Waals surface area contributed by atoms with Crippen molar-refractivity contribution in [2.24, 2.45) is 0 Å². The van der Waals surface area contributed by atoms with Gasteiger partial charge in [-0.25, -0.2) is 14.8 Å². The van der Waals surface area contributed by atoms with Crippen LogP contribution in [0.25, 0.3) is 0 Å². The summed E-state index contributed by atoms with van der Waals surface area (Å²) in [5.41, 5.74) is -7.99. The van der Waals surface area contributed by atoms with Gasteiger partial charge in [0.15, 0.2) is 0 Å². The molecular formula is C20H13ClF3N3O6S. The van der Waals surface area contributed by atoms with Crippen molar-refractivity contribution in [2.45, 2.75) is 5.51 Å². The number of esters is 1. The molecular weight excluding hydrogens is 503 g/mol. The molecule has 0 saturated heterocycles. The van der Waals surface area contributed by atoms with Crippen molar-refractivity contribution < 1.29 is 40.7 Å². The van der Waals surface area contributed by atoms with Crippen molar-refractivity contribution in [3.8, 4) is 11.8 Å². The van der Waals surface area contributed by atoms with Gasteiger partial charge in [-0.3, -0.25) is 4.79 Å². The second kappa shape index (κ2) is 9.65. The van der Waals surface area contributed by atoms with Gasteiger partial charge in [-0.1, -0.05) is 17.7 Å². The molecule has 0 aliphatic carbocycles. The van der Waals surface area contributed by atoms with Crippen molar-refractivity contribution in [1.82, 2.24) is 9.97 Å². The monoisotopic (exact) mass is 515 g/mol. The Labute approximate surface area is 195 Å². The Morgan fingerprint density at radius 2 is 1.71 bits per heavy atom. The summed E-state index contributed by atoms with van der Waals surface area (Å²) in [6, 6.07) is 8.66. The van der Waals surface area contributed by atoms with E-state index in [9.17, 15) is 31.2 Å². The summed E-state index contributed by atoms with van der Waals surface area (Å²) in [6.07, 6.45) is 2.69. The van der Waals surface area contributed by atoms with E-state index in [2.05, 4.69) is 14.7 Å². The van der Waals surface area contributed by atoms with Gasteiger partial charge in [-0.15, -0.1) is 0 Å². The van der Waals surface area contributed by atoms with E-state index in [4.69, 9.17) is 16.3 Å². The average molecular weight is 516 g/mol. The Balaban J connectivity index is 2.21. The number of amides is 1. The van der Waals surface area contributed by atoms with Gasteiger partial charge in [-0.2, -0.15) is 25.9 Å². The lowest BCUT2D eigenvalue weighted by Gasteiger charge is -2.25. The first-order valence-electron chi connectivity index (χ1n) is 9.04. The van der Waals surface area contributed by atoms with Gasteiger partial charge in [0, 0.05) is 23.0 Å². The van der Waals surface area contributed by atoms with Gasteiger partial charge >= 0.3 is 27.5 Å². The molecule has 1 heterocycles. The molecule has 1 amide bonds. The Kier molecular flexibility index (Phi) is 7.07. The number of benzene rings is 2. The van der Waals surface area contributed by atoms with Crippen LogP contribution >= 0.6 is 11.6 Å². The summed E-state index contributed by atoms with van der Waals surface area (Å²) in [6.45, 7) is 0. The number of rotatable bonds is 6. The zero-order valence-corrected chi connectivity index (χ0v) is 18.6. The summed E-state index contributed by atoms with van der Waals surface area (Å²) in [7, 11) is -5.40. The molecule has 3 aromatic rings. The number of hydrogen-bond donors (Lipinski definition) is 0. The summed E-state index contributed by atoms with van der Waals surface area (Å²) >= 11 is 5.80. The maximum atomic E-state index is 13.5. The standard InChI is InChI=1S/C20H13ClF3N3O6S/c1-32-18(29)15-11-14(33-19-25-8-3-9-26-19)6-7-16(15)27(34(30,31)20(22,23)24)17(28)12-4-2-5-13(21)10-12/h2-11H,1H3. The topological polar surface area (TPSA) is 116 Å². The first kappa shape index (κ1) is 24.9. The quantitative estimate of drug-likeness (QED) is 0.448. The lowest BCUT2D eigenvalue weighted by atomic mass is 10.1. The van der Waals surface area contributed by atoms with Gasteiger partial charge in [0.2, 0.25) is 0 Å². The third-order valence-electron chi connectivity index (χ3n) is 4.13. The fraction of sp³-hybridized carbons (Fsp3) is 0.100. The number of hydrogen-bond acceptors (Lipinski definition) is 8. The second-order valence-electron chi connectivity index (χ2n) is 6.33. The lowest BCUT2D eigenvalue weighted by molar-refractivity contribution is -0.0437. The summed E-state index contributed by atoms with van der Waals surface area (Å²) < 4.78 is 74.9. The number of carbonyl (C=O) groups excluding carboxylic acids is 2. The van der Waals surface area contributed by atoms with E-state index in [-0.39, 0.29) is 16.8 Å². The van der Waals surface area contributed by atoms with E-state index in [1.807, 2.05) is 0 Å². The molecule has 0 spiro atoms. The van der Waals surface area contributed by atoms with Crippen LogP contribution in [0.2, 0.25) is 5.02 Å². The van der Waals surface area contributed by atoms with Crippen LogP contribution in [-0.2, 0) is 14.8 Å². The average Bonchev–Trinajstić information content (AvgIpc) is 2.79. The first-order chi connectivity index (χ1) is 16.0. The zero-order chi connectivity index (χ0) is 25.1. The maximum absolute atomic E-state index is 13.5. The zero-order valence-electron chi connectivity index (χ0n) is 17.0. The summed E-state index contributed by atoms with van der Waals surface area (Å²) in [4.78, 5) is 33.0. The van der Waals surface area contributed by atoms with Crippen LogP contribution in [-0.4, -0.2) is 42.9 Å². The van der Waals surface area contributed by atoms with E-state index in [1.54, 1.807) is 0 Å². The van der Waals surface area contributed by atoms with Crippen molar-refractivity contribution in [2.75, 3.05) is 11.4 Å². The normalized spacial score (nSPS) is 11.6. The number of carbonyl (C=O) groups is 2. The molecule has 0 radical (unpaired) electrons. The Hall–Kier alpha value is -3.71. The van der Waals surface area contributed by atoms with Crippen LogP contribution in [0.3, 0.4) is 0 Å². The van der Waals surface area contributed by atoms with Crippen LogP contribution in [0.15, 0.2) is 60.9 Å². The van der Waals surface area contributed by atoms with Crippen LogP contribution in [0, 0.1) is 0 Å². The lowest BCUT2D eigenvalue weighted by Crippen LogP contribution is -2.45. The molecule has 2 aromatic carbocycles. The van der Waals surface area contributed by atoms with Crippen LogP contribution < -0.4 is 9.04 Å². The number of aromatic nitrogens is 2. The number of methoxy groups -OCH3 is 1. The fourth-order valence-electron chi connectivity index (χ4n) is 2.66. The molecule has 0 atom stereocenters. The Morgan fingerprint density at radius 3 is 2.29 bits per heavy atom. The molecule has 178 valence electrons. The summed E-state index contributed by atoms with van der Waals surface area (Å²) in [5, 5.41) is -0.0324. The Morgan fingerprint density at radius 1 is 1.03 bits per heavy atom. The molecule has 0 unspecified atom stereocenters. The molecule has 3 rings (SSSR count). The van der Waals surface area contributed by atoms with E-state index in [0.717, 1.165) is 37.4 Å². The maximum Gasteiger partial charge on any atom is 0.517 e. The number of halogens is 4. The third-order valence-corrected chi connectivity index (χ3v) is 5.80. The molecule has 0 aliphatic heterocycles. The predicted molar refractivity (Wildman–Crippen MR) is 113 cm³/mol. The Bertz CT molecular complexity index is 1340. The number of nitrogens with zero attached hydrogens (tertiary/aromatic N) is 3. The van der Waals surface area contributed by atoms with Gasteiger partial charge in [0.1, 0.15) is 5.75 Å². The molecule has 0 N–H and O–H groups in total. The van der Waals surface area contributed by atoms with E-state index < -0.39 is 48.5 Å².